The van der Waals surface area contributed by atoms with E-state index < -0.39 is 0 Å². The molecule has 0 aliphatic rings. The molecule has 0 atom stereocenters. The van der Waals surface area contributed by atoms with Crippen molar-refractivity contribution in [1.29, 1.82) is 0 Å². The third-order valence-electron chi connectivity index (χ3n) is 5.43. The highest BCUT2D eigenvalue weighted by Crippen LogP contribution is 2.29. The quantitative estimate of drug-likeness (QED) is 0.449. The number of pyridine rings is 1. The van der Waals surface area contributed by atoms with Crippen molar-refractivity contribution in [2.75, 3.05) is 5.43 Å². The van der Waals surface area contributed by atoms with Gasteiger partial charge in [-0.3, -0.25) is 15.0 Å². The maximum Gasteiger partial charge on any atom is 0.280 e. The molecule has 32 heavy (non-hydrogen) atoms. The van der Waals surface area contributed by atoms with E-state index >= 15 is 0 Å². The Morgan fingerprint density at radius 3 is 2.53 bits per heavy atom. The third kappa shape index (κ3) is 3.23. The molecule has 8 heteroatoms. The van der Waals surface area contributed by atoms with Gasteiger partial charge in [0, 0.05) is 28.5 Å². The summed E-state index contributed by atoms with van der Waals surface area (Å²) in [7, 11) is 0. The lowest BCUT2D eigenvalue weighted by molar-refractivity contribution is 0.101. The lowest BCUT2D eigenvalue weighted by atomic mass is 10.1. The maximum absolute atomic E-state index is 13.1. The van der Waals surface area contributed by atoms with Crippen molar-refractivity contribution in [3.05, 3.63) is 99.2 Å². The van der Waals surface area contributed by atoms with Crippen molar-refractivity contribution in [2.45, 2.75) is 13.8 Å². The van der Waals surface area contributed by atoms with Crippen LogP contribution in [0.15, 0.2) is 71.8 Å². The fourth-order valence-corrected chi connectivity index (χ4v) is 3.94. The average Bonchev–Trinajstić information content (AvgIpc) is 3.12. The van der Waals surface area contributed by atoms with Gasteiger partial charge in [-0.15, -0.1) is 0 Å². The zero-order valence-electron chi connectivity index (χ0n) is 17.3. The second kappa shape index (κ2) is 7.62. The van der Waals surface area contributed by atoms with Gasteiger partial charge in [-0.05, 0) is 49.2 Å². The van der Waals surface area contributed by atoms with Gasteiger partial charge >= 0.3 is 0 Å². The smallest absolute Gasteiger partial charge is 0.267 e. The number of carbonyl (C=O) groups excluding carboxylic acids is 1. The van der Waals surface area contributed by atoms with Crippen LogP contribution in [-0.4, -0.2) is 25.2 Å². The van der Waals surface area contributed by atoms with Crippen LogP contribution in [0.5, 0.6) is 0 Å². The Hall–Kier alpha value is -3.97. The molecule has 0 saturated heterocycles. The molecule has 0 aliphatic carbocycles. The first-order valence-corrected chi connectivity index (χ1v) is 10.3. The molecule has 7 nitrogen and oxygen atoms in total. The molecule has 1 amide bonds. The van der Waals surface area contributed by atoms with Gasteiger partial charge in [0.1, 0.15) is 0 Å². The van der Waals surface area contributed by atoms with Crippen molar-refractivity contribution < 1.29 is 4.79 Å². The van der Waals surface area contributed by atoms with E-state index in [-0.39, 0.29) is 11.5 Å². The highest BCUT2D eigenvalue weighted by molar-refractivity contribution is 6.30. The number of hydrogen-bond acceptors (Lipinski definition) is 4. The highest BCUT2D eigenvalue weighted by Gasteiger charge is 2.17. The summed E-state index contributed by atoms with van der Waals surface area (Å²) in [6.45, 7) is 3.74. The van der Waals surface area contributed by atoms with Crippen LogP contribution in [0.2, 0.25) is 5.02 Å². The van der Waals surface area contributed by atoms with Gasteiger partial charge in [-0.2, -0.15) is 5.10 Å². The van der Waals surface area contributed by atoms with E-state index in [4.69, 9.17) is 11.6 Å². The second-order valence-electron chi connectivity index (χ2n) is 7.51. The number of halogens is 1. The van der Waals surface area contributed by atoms with Crippen LogP contribution in [0.1, 0.15) is 21.6 Å². The minimum absolute atomic E-state index is 0.343. The van der Waals surface area contributed by atoms with E-state index in [2.05, 4.69) is 15.5 Å². The number of carbonyl (C=O) groups is 1. The minimum atomic E-state index is -0.389. The number of aryl methyl sites for hydroxylation is 2. The number of fused-ring (bicyclic) bond motifs is 3. The fourth-order valence-electron chi connectivity index (χ4n) is 3.82. The number of benzene rings is 2. The second-order valence-corrected chi connectivity index (χ2v) is 7.94. The molecule has 0 unspecified atom stereocenters. The van der Waals surface area contributed by atoms with Gasteiger partial charge in [0.25, 0.3) is 11.5 Å². The zero-order chi connectivity index (χ0) is 22.4. The molecule has 0 aliphatic heterocycles. The Bertz CT molecular complexity index is 1570. The summed E-state index contributed by atoms with van der Waals surface area (Å²) in [5.41, 5.74) is 7.42. The molecule has 0 fully saturated rings. The number of nitrogens with zero attached hydrogens (tertiary/aromatic N) is 4. The number of rotatable bonds is 3. The Morgan fingerprint density at radius 2 is 1.78 bits per heavy atom. The molecule has 0 spiro atoms. The summed E-state index contributed by atoms with van der Waals surface area (Å²) in [5, 5.41) is 5.61. The van der Waals surface area contributed by atoms with Crippen molar-refractivity contribution >= 4 is 34.1 Å². The van der Waals surface area contributed by atoms with E-state index in [1.54, 1.807) is 22.7 Å². The first kappa shape index (κ1) is 20.0. The van der Waals surface area contributed by atoms with Crippen molar-refractivity contribution in [2.24, 2.45) is 0 Å². The van der Waals surface area contributed by atoms with Crippen LogP contribution in [0.3, 0.4) is 0 Å². The third-order valence-corrected chi connectivity index (χ3v) is 5.68. The van der Waals surface area contributed by atoms with Gasteiger partial charge in [-0.1, -0.05) is 41.9 Å². The van der Waals surface area contributed by atoms with Crippen molar-refractivity contribution in [3.63, 3.8) is 0 Å². The number of aromatic nitrogens is 4. The van der Waals surface area contributed by atoms with Crippen LogP contribution in [-0.2, 0) is 0 Å². The summed E-state index contributed by atoms with van der Waals surface area (Å²) in [6, 6.07) is 16.4. The molecule has 1 N–H and O–H groups in total. The first-order valence-electron chi connectivity index (χ1n) is 9.96. The van der Waals surface area contributed by atoms with Gasteiger partial charge < -0.3 is 0 Å². The summed E-state index contributed by atoms with van der Waals surface area (Å²) in [5.74, 6) is -0.362. The van der Waals surface area contributed by atoms with Gasteiger partial charge in [0.15, 0.2) is 5.65 Å². The Kier molecular flexibility index (Phi) is 4.75. The molecule has 3 heterocycles. The van der Waals surface area contributed by atoms with E-state index in [1.165, 1.54) is 17.1 Å². The Morgan fingerprint density at radius 1 is 1.03 bits per heavy atom. The van der Waals surface area contributed by atoms with Gasteiger partial charge in [0.05, 0.1) is 16.6 Å². The van der Waals surface area contributed by atoms with Crippen LogP contribution in [0, 0.1) is 13.8 Å². The molecule has 5 aromatic rings. The molecule has 0 radical (unpaired) electrons. The molecule has 158 valence electrons. The van der Waals surface area contributed by atoms with Crippen LogP contribution in [0.25, 0.3) is 27.7 Å². The minimum Gasteiger partial charge on any atom is -0.267 e. The largest absolute Gasteiger partial charge is 0.280 e. The van der Waals surface area contributed by atoms with Gasteiger partial charge in [-0.25, -0.2) is 14.2 Å². The maximum atomic E-state index is 13.1. The summed E-state index contributed by atoms with van der Waals surface area (Å²) >= 11 is 6.02. The lowest BCUT2D eigenvalue weighted by Crippen LogP contribution is -2.33. The van der Waals surface area contributed by atoms with Crippen LogP contribution >= 0.6 is 11.6 Å². The standard InChI is InChI=1S/C24H18ClN5O2/c1-14-5-3-4-6-18(14)23(31)28-29-12-11-20-19(24(29)32)13-26-22-21(15(2)27-30(20)22)16-7-9-17(25)10-8-16/h3-13H,1-2H3,(H,28,31). The topological polar surface area (TPSA) is 81.3 Å². The van der Waals surface area contributed by atoms with Crippen LogP contribution in [0.4, 0.5) is 0 Å². The predicted octanol–water partition coefficient (Wildman–Crippen LogP) is 4.37. The van der Waals surface area contributed by atoms with Gasteiger partial charge in [0.2, 0.25) is 0 Å². The average molecular weight is 444 g/mol. The SMILES string of the molecule is Cc1ccccc1C(=O)Nn1ccc2c(cnc3c(-c4ccc(Cl)cc4)c(C)nn32)c1=O. The number of hydrogen-bond donors (Lipinski definition) is 1. The molecule has 5 rings (SSSR count). The molecule has 0 bridgehead atoms. The van der Waals surface area contributed by atoms with Crippen LogP contribution < -0.4 is 11.0 Å². The van der Waals surface area contributed by atoms with E-state index in [0.29, 0.717) is 27.1 Å². The van der Waals surface area contributed by atoms with E-state index in [9.17, 15) is 9.59 Å². The Balaban J connectivity index is 1.61. The number of amides is 1. The first-order chi connectivity index (χ1) is 15.4. The molecular formula is C24H18ClN5O2. The Labute approximate surface area is 187 Å². The predicted molar refractivity (Wildman–Crippen MR) is 125 cm³/mol. The molecule has 0 saturated carbocycles. The fraction of sp³-hybridized carbons (Fsp3) is 0.0833. The molecule has 3 aromatic heterocycles. The molecular weight excluding hydrogens is 426 g/mol. The highest BCUT2D eigenvalue weighted by atomic mass is 35.5. The number of nitrogens with one attached hydrogen (secondary N) is 1. The van der Waals surface area contributed by atoms with Crippen molar-refractivity contribution in [3.8, 4) is 11.1 Å². The zero-order valence-corrected chi connectivity index (χ0v) is 18.1. The normalized spacial score (nSPS) is 11.2. The van der Waals surface area contributed by atoms with Crippen molar-refractivity contribution in [1.82, 2.24) is 19.3 Å². The summed E-state index contributed by atoms with van der Waals surface area (Å²) in [6.07, 6.45) is 3.04. The lowest BCUT2D eigenvalue weighted by Gasteiger charge is -2.11. The van der Waals surface area contributed by atoms with E-state index in [0.717, 1.165) is 22.4 Å². The summed E-state index contributed by atoms with van der Waals surface area (Å²) < 4.78 is 2.82. The summed E-state index contributed by atoms with van der Waals surface area (Å²) in [4.78, 5) is 30.3. The molecule has 2 aromatic carbocycles. The van der Waals surface area contributed by atoms with E-state index in [1.807, 2.05) is 50.2 Å². The monoisotopic (exact) mass is 443 g/mol.